The van der Waals surface area contributed by atoms with Crippen LogP contribution >= 0.6 is 0 Å². The fourth-order valence-electron chi connectivity index (χ4n) is 3.47. The van der Waals surface area contributed by atoms with E-state index in [1.807, 2.05) is 12.1 Å². The highest BCUT2D eigenvalue weighted by Crippen LogP contribution is 2.35. The maximum absolute atomic E-state index is 9.66. The summed E-state index contributed by atoms with van der Waals surface area (Å²) >= 11 is 0. The lowest BCUT2D eigenvalue weighted by Crippen LogP contribution is -2.07. The van der Waals surface area contributed by atoms with Gasteiger partial charge in [0.25, 0.3) is 0 Å². The molecule has 106 valence electrons. The van der Waals surface area contributed by atoms with Crippen molar-refractivity contribution in [3.8, 4) is 11.4 Å². The average Bonchev–Trinajstić information content (AvgIpc) is 2.85. The van der Waals surface area contributed by atoms with Crippen molar-refractivity contribution in [1.29, 1.82) is 0 Å². The minimum atomic E-state index is 0.143. The van der Waals surface area contributed by atoms with E-state index in [1.54, 1.807) is 6.07 Å². The summed E-state index contributed by atoms with van der Waals surface area (Å²) in [6, 6.07) is 14.0. The molecule has 0 saturated carbocycles. The highest BCUT2D eigenvalue weighted by Gasteiger charge is 2.20. The second kappa shape index (κ2) is 4.55. The lowest BCUT2D eigenvalue weighted by Gasteiger charge is -2.16. The number of phenolic OH excluding ortho intramolecular Hbond substituents is 1. The molecular formula is C18H18N2O. The number of anilines is 1. The van der Waals surface area contributed by atoms with E-state index >= 15 is 0 Å². The monoisotopic (exact) mass is 278 g/mol. The van der Waals surface area contributed by atoms with Crippen molar-refractivity contribution in [1.82, 2.24) is 4.57 Å². The molecule has 0 radical (unpaired) electrons. The van der Waals surface area contributed by atoms with Gasteiger partial charge in [-0.2, -0.15) is 0 Å². The van der Waals surface area contributed by atoms with Gasteiger partial charge in [-0.3, -0.25) is 0 Å². The highest BCUT2D eigenvalue weighted by molar-refractivity contribution is 5.88. The lowest BCUT2D eigenvalue weighted by atomic mass is 9.95. The average molecular weight is 278 g/mol. The largest absolute Gasteiger partial charge is 0.506 e. The van der Waals surface area contributed by atoms with Crippen molar-refractivity contribution in [3.63, 3.8) is 0 Å². The van der Waals surface area contributed by atoms with Gasteiger partial charge in [-0.25, -0.2) is 0 Å². The molecule has 0 atom stereocenters. The number of para-hydroxylation sites is 1. The molecule has 1 aliphatic rings. The van der Waals surface area contributed by atoms with Crippen LogP contribution < -0.4 is 5.73 Å². The SMILES string of the molecule is Nc1cc(-n2c3c(c4ccccc42)CCCC3)ccc1O. The number of nitrogen functional groups attached to an aromatic ring is 1. The summed E-state index contributed by atoms with van der Waals surface area (Å²) in [7, 11) is 0. The van der Waals surface area contributed by atoms with Gasteiger partial charge in [-0.1, -0.05) is 18.2 Å². The molecule has 0 bridgehead atoms. The Bertz CT molecular complexity index is 833. The van der Waals surface area contributed by atoms with Crippen molar-refractivity contribution in [2.45, 2.75) is 25.7 Å². The molecule has 1 heterocycles. The molecule has 3 aromatic rings. The normalized spacial score (nSPS) is 14.3. The van der Waals surface area contributed by atoms with Crippen molar-refractivity contribution in [3.05, 3.63) is 53.7 Å². The molecule has 3 heteroatoms. The van der Waals surface area contributed by atoms with Crippen molar-refractivity contribution >= 4 is 16.6 Å². The Labute approximate surface area is 123 Å². The Morgan fingerprint density at radius 3 is 2.67 bits per heavy atom. The number of benzene rings is 2. The Morgan fingerprint density at radius 1 is 1.00 bits per heavy atom. The van der Waals surface area contributed by atoms with E-state index in [0.717, 1.165) is 18.5 Å². The van der Waals surface area contributed by atoms with Crippen LogP contribution in [0.4, 0.5) is 5.69 Å². The van der Waals surface area contributed by atoms with Gasteiger partial charge in [0.15, 0.2) is 0 Å². The van der Waals surface area contributed by atoms with Crippen LogP contribution in [-0.4, -0.2) is 9.67 Å². The molecule has 2 aromatic carbocycles. The first-order valence-electron chi connectivity index (χ1n) is 7.46. The van der Waals surface area contributed by atoms with Crippen LogP contribution in [0, 0.1) is 0 Å². The van der Waals surface area contributed by atoms with Crippen molar-refractivity contribution < 1.29 is 5.11 Å². The third kappa shape index (κ3) is 1.81. The Kier molecular flexibility index (Phi) is 2.67. The minimum absolute atomic E-state index is 0.143. The van der Waals surface area contributed by atoms with Gasteiger partial charge in [-0.05, 0) is 55.5 Å². The number of nitrogens with zero attached hydrogens (tertiary/aromatic N) is 1. The molecule has 0 saturated heterocycles. The summed E-state index contributed by atoms with van der Waals surface area (Å²) in [5.74, 6) is 0.143. The predicted molar refractivity (Wildman–Crippen MR) is 86.0 cm³/mol. The van der Waals surface area contributed by atoms with Gasteiger partial charge >= 0.3 is 0 Å². The molecule has 0 amide bonds. The number of aromatic nitrogens is 1. The number of aromatic hydroxyl groups is 1. The van der Waals surface area contributed by atoms with E-state index in [1.165, 1.54) is 35.0 Å². The van der Waals surface area contributed by atoms with E-state index < -0.39 is 0 Å². The van der Waals surface area contributed by atoms with Crippen LogP contribution in [0.2, 0.25) is 0 Å². The molecule has 0 spiro atoms. The number of hydrogen-bond acceptors (Lipinski definition) is 2. The zero-order valence-corrected chi connectivity index (χ0v) is 11.8. The first-order chi connectivity index (χ1) is 10.3. The first kappa shape index (κ1) is 12.3. The summed E-state index contributed by atoms with van der Waals surface area (Å²) in [5, 5.41) is 11.0. The Balaban J connectivity index is 2.05. The third-order valence-electron chi connectivity index (χ3n) is 4.45. The molecular weight excluding hydrogens is 260 g/mol. The standard InChI is InChI=1S/C18H18N2O/c19-15-11-12(9-10-18(15)21)20-16-7-3-1-5-13(16)14-6-2-4-8-17(14)20/h1,3,5,7,9-11,21H,2,4,6,8,19H2. The second-order valence-corrected chi connectivity index (χ2v) is 5.73. The number of phenols is 1. The van der Waals surface area contributed by atoms with Gasteiger partial charge in [0.1, 0.15) is 5.75 Å². The fraction of sp³-hybridized carbons (Fsp3) is 0.222. The van der Waals surface area contributed by atoms with Crippen LogP contribution in [0.1, 0.15) is 24.1 Å². The number of rotatable bonds is 1. The van der Waals surface area contributed by atoms with Gasteiger partial charge in [0.2, 0.25) is 0 Å². The van der Waals surface area contributed by atoms with Crippen molar-refractivity contribution in [2.24, 2.45) is 0 Å². The zero-order valence-electron chi connectivity index (χ0n) is 11.8. The first-order valence-corrected chi connectivity index (χ1v) is 7.46. The van der Waals surface area contributed by atoms with E-state index in [-0.39, 0.29) is 5.75 Å². The van der Waals surface area contributed by atoms with E-state index in [2.05, 4.69) is 28.8 Å². The summed E-state index contributed by atoms with van der Waals surface area (Å²) in [6.07, 6.45) is 4.75. The molecule has 21 heavy (non-hydrogen) atoms. The number of nitrogens with two attached hydrogens (primary N) is 1. The molecule has 0 unspecified atom stereocenters. The fourth-order valence-corrected chi connectivity index (χ4v) is 3.47. The van der Waals surface area contributed by atoms with E-state index in [0.29, 0.717) is 5.69 Å². The van der Waals surface area contributed by atoms with Crippen LogP contribution in [0.3, 0.4) is 0 Å². The van der Waals surface area contributed by atoms with Gasteiger partial charge in [-0.15, -0.1) is 0 Å². The quantitative estimate of drug-likeness (QED) is 0.525. The summed E-state index contributed by atoms with van der Waals surface area (Å²) < 4.78 is 2.31. The minimum Gasteiger partial charge on any atom is -0.506 e. The number of aryl methyl sites for hydroxylation is 1. The number of hydrogen-bond donors (Lipinski definition) is 2. The van der Waals surface area contributed by atoms with Gasteiger partial charge < -0.3 is 15.4 Å². The van der Waals surface area contributed by atoms with Gasteiger partial charge in [0, 0.05) is 16.8 Å². The van der Waals surface area contributed by atoms with Crippen LogP contribution in [-0.2, 0) is 12.8 Å². The summed E-state index contributed by atoms with van der Waals surface area (Å²) in [4.78, 5) is 0. The molecule has 0 fully saturated rings. The van der Waals surface area contributed by atoms with E-state index in [4.69, 9.17) is 5.73 Å². The summed E-state index contributed by atoms with van der Waals surface area (Å²) in [5.41, 5.74) is 11.4. The van der Waals surface area contributed by atoms with Crippen LogP contribution in [0.15, 0.2) is 42.5 Å². The van der Waals surface area contributed by atoms with Gasteiger partial charge in [0.05, 0.1) is 11.2 Å². The molecule has 4 rings (SSSR count). The van der Waals surface area contributed by atoms with Crippen LogP contribution in [0.5, 0.6) is 5.75 Å². The molecule has 1 aliphatic carbocycles. The highest BCUT2D eigenvalue weighted by atomic mass is 16.3. The van der Waals surface area contributed by atoms with Crippen LogP contribution in [0.25, 0.3) is 16.6 Å². The molecule has 3 nitrogen and oxygen atoms in total. The number of fused-ring (bicyclic) bond motifs is 3. The Morgan fingerprint density at radius 2 is 1.81 bits per heavy atom. The predicted octanol–water partition coefficient (Wildman–Crippen LogP) is 3.80. The van der Waals surface area contributed by atoms with Crippen molar-refractivity contribution in [2.75, 3.05) is 5.73 Å². The smallest absolute Gasteiger partial charge is 0.138 e. The topological polar surface area (TPSA) is 51.2 Å². The third-order valence-corrected chi connectivity index (χ3v) is 4.45. The Hall–Kier alpha value is -2.42. The molecule has 3 N–H and O–H groups in total. The second-order valence-electron chi connectivity index (χ2n) is 5.73. The molecule has 0 aliphatic heterocycles. The molecule has 1 aromatic heterocycles. The maximum Gasteiger partial charge on any atom is 0.138 e. The zero-order chi connectivity index (χ0) is 14.4. The maximum atomic E-state index is 9.66. The lowest BCUT2D eigenvalue weighted by molar-refractivity contribution is 0.478. The summed E-state index contributed by atoms with van der Waals surface area (Å²) in [6.45, 7) is 0. The van der Waals surface area contributed by atoms with E-state index in [9.17, 15) is 5.11 Å².